The van der Waals surface area contributed by atoms with E-state index in [4.69, 9.17) is 0 Å². The van der Waals surface area contributed by atoms with E-state index in [1.165, 1.54) is 31.0 Å². The molecule has 1 fully saturated rings. The summed E-state index contributed by atoms with van der Waals surface area (Å²) in [4.78, 5) is 13.2. The molecule has 0 unspecified atom stereocenters. The predicted molar refractivity (Wildman–Crippen MR) is 96.9 cm³/mol. The van der Waals surface area contributed by atoms with Crippen molar-refractivity contribution in [2.75, 3.05) is 17.7 Å². The third kappa shape index (κ3) is 3.79. The number of allylic oxidation sites excluding steroid dienone is 2. The lowest BCUT2D eigenvalue weighted by Crippen LogP contribution is -2.24. The minimum atomic E-state index is 0.383. The van der Waals surface area contributed by atoms with E-state index in [1.54, 1.807) is 7.05 Å². The Bertz CT molecular complexity index is 714. The number of hydrogen-bond donors (Lipinski definition) is 3. The van der Waals surface area contributed by atoms with Gasteiger partial charge in [-0.05, 0) is 25.2 Å². The maximum atomic E-state index is 9.58. The van der Waals surface area contributed by atoms with Gasteiger partial charge < -0.3 is 16.0 Å². The molecule has 0 saturated heterocycles. The number of nitrogens with one attached hydrogen (secondary N) is 3. The van der Waals surface area contributed by atoms with Gasteiger partial charge in [0.2, 0.25) is 11.9 Å². The van der Waals surface area contributed by atoms with Crippen LogP contribution in [0, 0.1) is 11.3 Å². The van der Waals surface area contributed by atoms with E-state index in [0.29, 0.717) is 29.3 Å². The lowest BCUT2D eigenvalue weighted by atomic mass is 9.96. The van der Waals surface area contributed by atoms with Gasteiger partial charge in [0.05, 0.1) is 5.03 Å². The summed E-state index contributed by atoms with van der Waals surface area (Å²) in [5.41, 5.74) is 1.44. The topological polar surface area (TPSA) is 98.5 Å². The molecular formula is C16H21N7S. The Kier molecular flexibility index (Phi) is 5.20. The Balaban J connectivity index is 1.90. The van der Waals surface area contributed by atoms with Gasteiger partial charge in [0.15, 0.2) is 5.82 Å². The van der Waals surface area contributed by atoms with Gasteiger partial charge in [-0.3, -0.25) is 0 Å². The Morgan fingerprint density at radius 1 is 1.25 bits per heavy atom. The third-order valence-corrected chi connectivity index (χ3v) is 5.04. The average Bonchev–Trinajstić information content (AvgIpc) is 3.02. The van der Waals surface area contributed by atoms with Gasteiger partial charge in [0.25, 0.3) is 0 Å². The van der Waals surface area contributed by atoms with Crippen molar-refractivity contribution in [1.82, 2.24) is 20.3 Å². The molecule has 0 bridgehead atoms. The van der Waals surface area contributed by atoms with Crippen molar-refractivity contribution in [2.24, 2.45) is 0 Å². The van der Waals surface area contributed by atoms with E-state index in [9.17, 15) is 5.26 Å². The number of aromatic nitrogens is 3. The first-order chi connectivity index (χ1) is 11.7. The molecule has 8 heteroatoms. The van der Waals surface area contributed by atoms with Gasteiger partial charge in [-0.15, -0.1) is 0 Å². The Morgan fingerprint density at radius 2 is 2.00 bits per heavy atom. The normalized spacial score (nSPS) is 20.0. The molecule has 0 aromatic carbocycles. The molecule has 1 aliphatic carbocycles. The molecule has 7 nitrogen and oxygen atoms in total. The SMILES string of the molecule is CNc1nc(NC2CCCCC2)nc(/C(C#N)=C2/NC(C)=CS2)n1. The van der Waals surface area contributed by atoms with Gasteiger partial charge in [-0.1, -0.05) is 31.0 Å². The van der Waals surface area contributed by atoms with E-state index in [2.05, 4.69) is 37.0 Å². The zero-order chi connectivity index (χ0) is 16.9. The fraction of sp³-hybridized carbons (Fsp3) is 0.500. The number of anilines is 2. The fourth-order valence-corrected chi connectivity index (χ4v) is 3.63. The van der Waals surface area contributed by atoms with E-state index in [-0.39, 0.29) is 0 Å². The summed E-state index contributed by atoms with van der Waals surface area (Å²) in [5.74, 6) is 1.37. The molecule has 1 saturated carbocycles. The number of nitrogens with zero attached hydrogens (tertiary/aromatic N) is 4. The fourth-order valence-electron chi connectivity index (χ4n) is 2.80. The highest BCUT2D eigenvalue weighted by Gasteiger charge is 2.20. The molecule has 0 spiro atoms. The van der Waals surface area contributed by atoms with Crippen LogP contribution in [-0.4, -0.2) is 28.0 Å². The zero-order valence-electron chi connectivity index (χ0n) is 13.9. The van der Waals surface area contributed by atoms with Crippen molar-refractivity contribution in [3.05, 3.63) is 22.0 Å². The maximum Gasteiger partial charge on any atom is 0.228 e. The first-order valence-corrected chi connectivity index (χ1v) is 9.03. The third-order valence-electron chi connectivity index (χ3n) is 4.02. The van der Waals surface area contributed by atoms with Gasteiger partial charge >= 0.3 is 0 Å². The maximum absolute atomic E-state index is 9.58. The van der Waals surface area contributed by atoms with Crippen LogP contribution in [0.4, 0.5) is 11.9 Å². The van der Waals surface area contributed by atoms with Crippen LogP contribution in [0.2, 0.25) is 0 Å². The molecule has 0 amide bonds. The van der Waals surface area contributed by atoms with Crippen LogP contribution in [0.3, 0.4) is 0 Å². The Hall–Kier alpha value is -2.27. The lowest BCUT2D eigenvalue weighted by Gasteiger charge is -2.22. The van der Waals surface area contributed by atoms with Gasteiger partial charge in [-0.2, -0.15) is 20.2 Å². The highest BCUT2D eigenvalue weighted by Crippen LogP contribution is 2.30. The second kappa shape index (κ2) is 7.53. The van der Waals surface area contributed by atoms with E-state index in [0.717, 1.165) is 23.6 Å². The molecular weight excluding hydrogens is 322 g/mol. The van der Waals surface area contributed by atoms with Crippen LogP contribution < -0.4 is 16.0 Å². The minimum absolute atomic E-state index is 0.383. The molecule has 0 atom stereocenters. The monoisotopic (exact) mass is 343 g/mol. The van der Waals surface area contributed by atoms with Crippen LogP contribution >= 0.6 is 11.8 Å². The predicted octanol–water partition coefficient (Wildman–Crippen LogP) is 3.05. The molecule has 3 N–H and O–H groups in total. The van der Waals surface area contributed by atoms with Crippen molar-refractivity contribution in [1.29, 1.82) is 5.26 Å². The van der Waals surface area contributed by atoms with E-state index >= 15 is 0 Å². The quantitative estimate of drug-likeness (QED) is 0.718. The minimum Gasteiger partial charge on any atom is -0.357 e. The summed E-state index contributed by atoms with van der Waals surface area (Å²) in [5, 5.41) is 21.8. The van der Waals surface area contributed by atoms with Gasteiger partial charge in [0.1, 0.15) is 11.6 Å². The number of thioether (sulfide) groups is 1. The number of rotatable bonds is 4. The molecule has 2 heterocycles. The first kappa shape index (κ1) is 16.6. The van der Waals surface area contributed by atoms with E-state index in [1.807, 2.05) is 12.3 Å². The molecule has 0 radical (unpaired) electrons. The molecule has 2 aliphatic rings. The molecule has 126 valence electrons. The molecule has 1 aromatic heterocycles. The van der Waals surface area contributed by atoms with Crippen LogP contribution in [-0.2, 0) is 0 Å². The summed E-state index contributed by atoms with van der Waals surface area (Å²) < 4.78 is 0. The summed E-state index contributed by atoms with van der Waals surface area (Å²) in [6.07, 6.45) is 6.01. The number of nitriles is 1. The first-order valence-electron chi connectivity index (χ1n) is 8.15. The second-order valence-corrected chi connectivity index (χ2v) is 6.77. The summed E-state index contributed by atoms with van der Waals surface area (Å²) in [7, 11) is 1.76. The van der Waals surface area contributed by atoms with Crippen LogP contribution in [0.25, 0.3) is 5.57 Å². The van der Waals surface area contributed by atoms with Gasteiger partial charge in [0, 0.05) is 18.8 Å². The molecule has 3 rings (SSSR count). The van der Waals surface area contributed by atoms with Crippen molar-refractivity contribution < 1.29 is 0 Å². The molecule has 1 aliphatic heterocycles. The average molecular weight is 343 g/mol. The largest absolute Gasteiger partial charge is 0.357 e. The smallest absolute Gasteiger partial charge is 0.228 e. The van der Waals surface area contributed by atoms with E-state index < -0.39 is 0 Å². The summed E-state index contributed by atoms with van der Waals surface area (Å²) in [6, 6.07) is 2.61. The Morgan fingerprint density at radius 3 is 2.62 bits per heavy atom. The zero-order valence-corrected chi connectivity index (χ0v) is 14.7. The highest BCUT2D eigenvalue weighted by molar-refractivity contribution is 8.06. The highest BCUT2D eigenvalue weighted by atomic mass is 32.2. The standard InChI is InChI=1S/C16H21N7S/c1-10-9-24-14(19-10)12(8-17)13-21-15(18-2)23-16(22-13)20-11-6-4-3-5-7-11/h9,11,19H,3-7H2,1-2H3,(H2,18,20,21,22,23)/b14-12-. The van der Waals surface area contributed by atoms with Gasteiger partial charge in [-0.25, -0.2) is 0 Å². The molecule has 24 heavy (non-hydrogen) atoms. The van der Waals surface area contributed by atoms with Crippen LogP contribution in [0.1, 0.15) is 44.9 Å². The van der Waals surface area contributed by atoms with Crippen molar-refractivity contribution in [3.63, 3.8) is 0 Å². The van der Waals surface area contributed by atoms with Crippen LogP contribution in [0.5, 0.6) is 0 Å². The van der Waals surface area contributed by atoms with Crippen molar-refractivity contribution in [2.45, 2.75) is 45.1 Å². The summed E-state index contributed by atoms with van der Waals surface area (Å²) in [6.45, 7) is 1.96. The van der Waals surface area contributed by atoms with Crippen molar-refractivity contribution in [3.8, 4) is 6.07 Å². The Labute approximate surface area is 146 Å². The number of hydrogen-bond acceptors (Lipinski definition) is 8. The van der Waals surface area contributed by atoms with Crippen LogP contribution in [0.15, 0.2) is 16.1 Å². The van der Waals surface area contributed by atoms with Crippen molar-refractivity contribution >= 4 is 29.2 Å². The molecule has 1 aromatic rings. The summed E-state index contributed by atoms with van der Waals surface area (Å²) >= 11 is 1.48. The second-order valence-electron chi connectivity index (χ2n) is 5.90. The lowest BCUT2D eigenvalue weighted by molar-refractivity contribution is 0.460.